The van der Waals surface area contributed by atoms with Crippen molar-refractivity contribution in [2.75, 3.05) is 50.8 Å². The number of carbonyl (C=O) groups excluding carboxylic acids is 3. The van der Waals surface area contributed by atoms with Gasteiger partial charge >= 0.3 is 0 Å². The molecular formula is C51H55ClN4O6. The maximum atomic E-state index is 13.5. The fraction of sp³-hybridized carbons (Fsp3) is 0.471. The lowest BCUT2D eigenvalue weighted by atomic mass is 9.69. The third kappa shape index (κ3) is 6.97. The van der Waals surface area contributed by atoms with Gasteiger partial charge in [0.2, 0.25) is 11.8 Å². The smallest absolute Gasteiger partial charge is 0.256 e. The Labute approximate surface area is 368 Å². The number of fused-ring (bicyclic) bond motifs is 5. The van der Waals surface area contributed by atoms with Gasteiger partial charge in [0, 0.05) is 54.2 Å². The number of phenolic OH excluding ortho intramolecular Hbond substituents is 1. The van der Waals surface area contributed by atoms with Crippen molar-refractivity contribution >= 4 is 35.0 Å². The van der Waals surface area contributed by atoms with Crippen molar-refractivity contribution in [1.29, 1.82) is 0 Å². The highest BCUT2D eigenvalue weighted by Crippen LogP contribution is 2.52. The van der Waals surface area contributed by atoms with Crippen molar-refractivity contribution in [1.82, 2.24) is 15.1 Å². The molecule has 2 N–H and O–H groups in total. The standard InChI is InChI=1S/C51H55ClN4O6/c52-42-27-41-47(40-29-56(49(60)46(40)42)43-14-15-44(58)53-48(43)59)61-31-50(41)18-22-54(23-19-50)28-32-16-17-51(62-30-32)20-24-55(25-21-51)36-9-6-34(7-10-36)45-38(33-4-2-1-3-5-33)12-8-35-26-37(57)11-13-39(35)45/h1-7,9-11,13,26-27,32,38,43,45,57H,8,12,14-25,28-31H2,(H,53,58,59)/t32-,38+,43-,45-/m0/s1. The molecule has 0 bridgehead atoms. The number of halogens is 1. The number of piperidine rings is 3. The lowest BCUT2D eigenvalue weighted by Gasteiger charge is -2.47. The third-order valence-electron chi connectivity index (χ3n) is 15.9. The summed E-state index contributed by atoms with van der Waals surface area (Å²) < 4.78 is 13.3. The van der Waals surface area contributed by atoms with Crippen molar-refractivity contribution in [2.45, 2.75) is 99.6 Å². The van der Waals surface area contributed by atoms with Crippen LogP contribution in [0, 0.1) is 5.92 Å². The molecule has 6 aliphatic heterocycles. The van der Waals surface area contributed by atoms with Gasteiger partial charge < -0.3 is 29.3 Å². The topological polar surface area (TPSA) is 112 Å². The molecule has 10 nitrogen and oxygen atoms in total. The molecule has 62 heavy (non-hydrogen) atoms. The van der Waals surface area contributed by atoms with E-state index in [1.54, 1.807) is 4.90 Å². The Morgan fingerprint density at radius 2 is 1.61 bits per heavy atom. The van der Waals surface area contributed by atoms with E-state index in [1.807, 2.05) is 18.2 Å². The maximum absolute atomic E-state index is 13.5. The first-order valence-corrected chi connectivity index (χ1v) is 23.2. The van der Waals surface area contributed by atoms with E-state index in [1.165, 1.54) is 34.4 Å². The van der Waals surface area contributed by atoms with Crippen LogP contribution in [0.1, 0.15) is 113 Å². The number of hydrogen-bond donors (Lipinski definition) is 2. The van der Waals surface area contributed by atoms with Crippen molar-refractivity contribution in [3.8, 4) is 11.5 Å². The molecule has 0 aromatic heterocycles. The zero-order valence-corrected chi connectivity index (χ0v) is 36.0. The van der Waals surface area contributed by atoms with Crippen LogP contribution in [0.25, 0.3) is 0 Å². The number of phenols is 1. The summed E-state index contributed by atoms with van der Waals surface area (Å²) >= 11 is 6.85. The number of benzene rings is 4. The van der Waals surface area contributed by atoms with Crippen LogP contribution in [-0.4, -0.2) is 90.2 Å². The highest BCUT2D eigenvalue weighted by Gasteiger charge is 2.49. The van der Waals surface area contributed by atoms with Crippen LogP contribution < -0.4 is 15.0 Å². The molecule has 4 fully saturated rings. The highest BCUT2D eigenvalue weighted by atomic mass is 35.5. The first kappa shape index (κ1) is 39.9. The predicted molar refractivity (Wildman–Crippen MR) is 237 cm³/mol. The van der Waals surface area contributed by atoms with Gasteiger partial charge in [-0.2, -0.15) is 0 Å². The summed E-state index contributed by atoms with van der Waals surface area (Å²) in [5.41, 5.74) is 8.71. The van der Waals surface area contributed by atoms with Crippen molar-refractivity contribution in [3.05, 3.63) is 123 Å². The van der Waals surface area contributed by atoms with Gasteiger partial charge in [-0.1, -0.05) is 60.1 Å². The van der Waals surface area contributed by atoms with Gasteiger partial charge in [-0.25, -0.2) is 0 Å². The molecule has 7 aliphatic rings. The Bertz CT molecular complexity index is 2400. The first-order valence-electron chi connectivity index (χ1n) is 22.9. The van der Waals surface area contributed by atoms with E-state index in [9.17, 15) is 19.5 Å². The highest BCUT2D eigenvalue weighted by molar-refractivity contribution is 6.34. The number of aromatic hydroxyl groups is 1. The lowest BCUT2D eigenvalue weighted by Crippen LogP contribution is -2.52. The van der Waals surface area contributed by atoms with E-state index in [4.69, 9.17) is 21.1 Å². The number of aryl methyl sites for hydroxylation is 1. The molecule has 4 aromatic carbocycles. The van der Waals surface area contributed by atoms with Crippen LogP contribution in [0.5, 0.6) is 11.5 Å². The molecule has 4 aromatic rings. The predicted octanol–water partition coefficient (Wildman–Crippen LogP) is 7.86. The summed E-state index contributed by atoms with van der Waals surface area (Å²) in [6.45, 7) is 6.62. The van der Waals surface area contributed by atoms with Gasteiger partial charge in [-0.05, 0) is 135 Å². The second-order valence-corrected chi connectivity index (χ2v) is 19.7. The second kappa shape index (κ2) is 15.7. The Morgan fingerprint density at radius 3 is 2.35 bits per heavy atom. The average Bonchev–Trinajstić information content (AvgIpc) is 3.82. The summed E-state index contributed by atoms with van der Waals surface area (Å²) in [4.78, 5) is 44.7. The van der Waals surface area contributed by atoms with Crippen molar-refractivity contribution in [2.24, 2.45) is 5.92 Å². The zero-order chi connectivity index (χ0) is 42.2. The quantitative estimate of drug-likeness (QED) is 0.189. The van der Waals surface area contributed by atoms with E-state index < -0.39 is 11.9 Å². The number of carbonyl (C=O) groups is 3. The Morgan fingerprint density at radius 1 is 0.823 bits per heavy atom. The first-order chi connectivity index (χ1) is 30.2. The number of hydrogen-bond acceptors (Lipinski definition) is 8. The lowest BCUT2D eigenvalue weighted by molar-refractivity contribution is -0.136. The summed E-state index contributed by atoms with van der Waals surface area (Å²) in [5.74, 6) is 1.28. The van der Waals surface area contributed by atoms with Gasteiger partial charge in [0.05, 0.1) is 35.9 Å². The molecule has 4 atom stereocenters. The molecule has 11 rings (SSSR count). The number of nitrogens with zero attached hydrogens (tertiary/aromatic N) is 3. The third-order valence-corrected chi connectivity index (χ3v) is 16.2. The van der Waals surface area contributed by atoms with E-state index in [2.05, 4.69) is 75.8 Å². The molecular weight excluding hydrogens is 800 g/mol. The number of amides is 3. The van der Waals surface area contributed by atoms with Crippen LogP contribution in [0.3, 0.4) is 0 Å². The molecule has 0 unspecified atom stereocenters. The molecule has 0 saturated carbocycles. The van der Waals surface area contributed by atoms with E-state index >= 15 is 0 Å². The number of anilines is 1. The Balaban J connectivity index is 0.684. The van der Waals surface area contributed by atoms with Gasteiger partial charge in [0.25, 0.3) is 5.91 Å². The molecule has 2 spiro atoms. The molecule has 0 radical (unpaired) electrons. The monoisotopic (exact) mass is 854 g/mol. The summed E-state index contributed by atoms with van der Waals surface area (Å²) in [6, 6.07) is 27.4. The summed E-state index contributed by atoms with van der Waals surface area (Å²) in [7, 11) is 0. The molecule has 6 heterocycles. The average molecular weight is 855 g/mol. The fourth-order valence-electron chi connectivity index (χ4n) is 12.3. The minimum atomic E-state index is -0.688. The Kier molecular flexibility index (Phi) is 10.1. The van der Waals surface area contributed by atoms with Crippen LogP contribution >= 0.6 is 11.6 Å². The van der Waals surface area contributed by atoms with E-state index in [0.717, 1.165) is 101 Å². The molecule has 1 aliphatic carbocycles. The van der Waals surface area contributed by atoms with Crippen molar-refractivity contribution < 1.29 is 29.0 Å². The normalized spacial score (nSPS) is 26.6. The van der Waals surface area contributed by atoms with Crippen LogP contribution in [0.15, 0.2) is 78.9 Å². The minimum Gasteiger partial charge on any atom is -0.508 e. The summed E-state index contributed by atoms with van der Waals surface area (Å²) in [5, 5.41) is 13.1. The van der Waals surface area contributed by atoms with Gasteiger partial charge in [0.1, 0.15) is 17.5 Å². The summed E-state index contributed by atoms with van der Waals surface area (Å²) in [6.07, 6.45) is 8.87. The molecule has 4 saturated heterocycles. The number of rotatable bonds is 6. The minimum absolute atomic E-state index is 0.0290. The molecule has 322 valence electrons. The van der Waals surface area contributed by atoms with Crippen molar-refractivity contribution in [3.63, 3.8) is 0 Å². The van der Waals surface area contributed by atoms with Crippen LogP contribution in [0.4, 0.5) is 5.69 Å². The van der Waals surface area contributed by atoms with E-state index in [-0.39, 0.29) is 41.7 Å². The maximum Gasteiger partial charge on any atom is 0.256 e. The van der Waals surface area contributed by atoms with Crippen LogP contribution in [0.2, 0.25) is 5.02 Å². The van der Waals surface area contributed by atoms with Crippen LogP contribution in [-0.2, 0) is 32.7 Å². The Hall–Kier alpha value is -4.90. The zero-order valence-electron chi connectivity index (χ0n) is 35.3. The molecule has 3 amide bonds. The molecule has 11 heteroatoms. The van der Waals surface area contributed by atoms with Gasteiger partial charge in [0.15, 0.2) is 0 Å². The largest absolute Gasteiger partial charge is 0.508 e. The number of nitrogens with one attached hydrogen (secondary N) is 1. The van der Waals surface area contributed by atoms with E-state index in [0.29, 0.717) is 41.2 Å². The van der Waals surface area contributed by atoms with Gasteiger partial charge in [-0.15, -0.1) is 0 Å². The number of likely N-dealkylation sites (tertiary alicyclic amines) is 1. The number of ether oxygens (including phenoxy) is 2. The SMILES string of the molecule is O=C1CC[C@H](N2Cc3c4c(cc(Cl)c3C2=O)C2(CCN(C[C@@H]3CCC5(CCN(c6ccc([C@@H]7c8ccc(O)cc8CC[C@@H]7c7ccccc7)cc6)CC5)OC3)CC2)CO4)C(=O)N1. The number of imide groups is 1. The second-order valence-electron chi connectivity index (χ2n) is 19.3. The van der Waals surface area contributed by atoms with Gasteiger partial charge in [-0.3, -0.25) is 19.7 Å². The fourth-order valence-corrected chi connectivity index (χ4v) is 12.6.